The molecule has 112 valence electrons. The van der Waals surface area contributed by atoms with E-state index in [1.807, 2.05) is 56.3 Å². The summed E-state index contributed by atoms with van der Waals surface area (Å²) < 4.78 is 0.895. The van der Waals surface area contributed by atoms with Gasteiger partial charge in [0.25, 0.3) is 0 Å². The number of carbonyl (C=O) groups is 1. The van der Waals surface area contributed by atoms with Gasteiger partial charge in [-0.05, 0) is 28.1 Å². The molecule has 0 aromatic rings. The van der Waals surface area contributed by atoms with Crippen molar-refractivity contribution in [2.75, 3.05) is 20.6 Å². The summed E-state index contributed by atoms with van der Waals surface area (Å²) in [6, 6.07) is -0.294. The molecule has 0 saturated heterocycles. The number of hydrogen-bond donors (Lipinski definition) is 2. The Kier molecular flexibility index (Phi) is 6.72. The van der Waals surface area contributed by atoms with Gasteiger partial charge in [0.2, 0.25) is 5.91 Å². The normalized spacial score (nSPS) is 22.0. The minimum atomic E-state index is -0.294. The molecule has 0 radical (unpaired) electrons. The summed E-state index contributed by atoms with van der Waals surface area (Å²) in [5.74, 6) is -0.0414. The molecule has 0 bridgehead atoms. The highest BCUT2D eigenvalue weighted by molar-refractivity contribution is 9.11. The molecule has 0 fully saturated rings. The topological polar surface area (TPSA) is 47.6 Å². The van der Waals surface area contributed by atoms with Gasteiger partial charge in [-0.2, -0.15) is 0 Å². The maximum Gasteiger partial charge on any atom is 0.247 e. The Morgan fingerprint density at radius 1 is 1.50 bits per heavy atom. The summed E-state index contributed by atoms with van der Waals surface area (Å²) in [5, 5.41) is 10.7. The molecule has 5 nitrogen and oxygen atoms in total. The van der Waals surface area contributed by atoms with E-state index in [0.29, 0.717) is 0 Å². The van der Waals surface area contributed by atoms with Gasteiger partial charge in [0.1, 0.15) is 6.04 Å². The highest BCUT2D eigenvalue weighted by atomic mass is 79.9. The van der Waals surface area contributed by atoms with Gasteiger partial charge in [-0.3, -0.25) is 4.79 Å². The number of allylic oxidation sites excluding steroid dienone is 1. The van der Waals surface area contributed by atoms with Crippen molar-refractivity contribution in [3.05, 3.63) is 34.0 Å². The summed E-state index contributed by atoms with van der Waals surface area (Å²) in [6.07, 6.45) is 5.71. The van der Waals surface area contributed by atoms with E-state index < -0.39 is 0 Å². The van der Waals surface area contributed by atoms with Gasteiger partial charge in [-0.25, -0.2) is 5.01 Å². The zero-order valence-electron chi connectivity index (χ0n) is 12.3. The van der Waals surface area contributed by atoms with E-state index in [4.69, 9.17) is 0 Å². The van der Waals surface area contributed by atoms with Crippen LogP contribution in [-0.4, -0.2) is 42.6 Å². The van der Waals surface area contributed by atoms with Crippen molar-refractivity contribution in [3.63, 3.8) is 0 Å². The fraction of sp³-hybridized carbons (Fsp3) is 0.462. The first kappa shape index (κ1) is 17.2. The minimum Gasteiger partial charge on any atom is -0.387 e. The van der Waals surface area contributed by atoms with Crippen LogP contribution < -0.4 is 10.6 Å². The number of dihydropyridines is 1. The van der Waals surface area contributed by atoms with Gasteiger partial charge in [0.05, 0.1) is 4.61 Å². The second-order valence-corrected chi connectivity index (χ2v) is 5.58. The van der Waals surface area contributed by atoms with Crippen LogP contribution >= 0.6 is 25.2 Å². The smallest absolute Gasteiger partial charge is 0.247 e. The molecule has 0 aromatic heterocycles. The average molecular weight is 361 g/mol. The third-order valence-electron chi connectivity index (χ3n) is 3.00. The molecule has 2 rings (SSSR count). The average Bonchev–Trinajstić information content (AvgIpc) is 2.71. The predicted molar refractivity (Wildman–Crippen MR) is 89.7 cm³/mol. The summed E-state index contributed by atoms with van der Waals surface area (Å²) in [7, 11) is 6.38. The molecular formula is C13H22BrN4OP. The Morgan fingerprint density at radius 3 is 2.65 bits per heavy atom. The maximum atomic E-state index is 12.2. The van der Waals surface area contributed by atoms with Crippen LogP contribution in [0.4, 0.5) is 0 Å². The van der Waals surface area contributed by atoms with Gasteiger partial charge in [-0.1, -0.05) is 13.8 Å². The Balaban J connectivity index is 0.000000956. The van der Waals surface area contributed by atoms with E-state index in [9.17, 15) is 4.79 Å². The van der Waals surface area contributed by atoms with Crippen LogP contribution in [0.5, 0.6) is 0 Å². The second kappa shape index (κ2) is 7.81. The first-order chi connectivity index (χ1) is 9.50. The molecule has 2 atom stereocenters. The van der Waals surface area contributed by atoms with Crippen LogP contribution in [0.1, 0.15) is 13.8 Å². The summed E-state index contributed by atoms with van der Waals surface area (Å²) in [5.41, 5.74) is 0.844. The molecule has 2 N–H and O–H groups in total. The predicted octanol–water partition coefficient (Wildman–Crippen LogP) is 1.73. The maximum absolute atomic E-state index is 12.2. The highest BCUT2D eigenvalue weighted by Crippen LogP contribution is 2.24. The van der Waals surface area contributed by atoms with E-state index >= 15 is 0 Å². The number of amides is 1. The molecule has 0 aromatic carbocycles. The monoisotopic (exact) mass is 360 g/mol. The fourth-order valence-electron chi connectivity index (χ4n) is 1.78. The number of hydrogen-bond acceptors (Lipinski definition) is 4. The molecular weight excluding hydrogens is 339 g/mol. The molecule has 0 spiro atoms. The van der Waals surface area contributed by atoms with Crippen LogP contribution in [0.25, 0.3) is 0 Å². The number of carbonyl (C=O) groups excluding carboxylic acids is 1. The largest absolute Gasteiger partial charge is 0.387 e. The third kappa shape index (κ3) is 3.84. The molecule has 0 saturated carbocycles. The van der Waals surface area contributed by atoms with Gasteiger partial charge in [0, 0.05) is 37.9 Å². The number of hydrazine groups is 1. The second-order valence-electron chi connectivity index (χ2n) is 4.15. The van der Waals surface area contributed by atoms with Crippen molar-refractivity contribution in [1.29, 1.82) is 0 Å². The lowest BCUT2D eigenvalue weighted by Crippen LogP contribution is -2.45. The van der Waals surface area contributed by atoms with Crippen LogP contribution in [0.2, 0.25) is 0 Å². The molecule has 7 heteroatoms. The molecule has 2 unspecified atom stereocenters. The quantitative estimate of drug-likeness (QED) is 0.581. The lowest BCUT2D eigenvalue weighted by atomic mass is 10.2. The van der Waals surface area contributed by atoms with Crippen molar-refractivity contribution in [2.45, 2.75) is 19.9 Å². The molecule has 2 aliphatic heterocycles. The van der Waals surface area contributed by atoms with Crippen molar-refractivity contribution in [2.24, 2.45) is 0 Å². The zero-order valence-corrected chi connectivity index (χ0v) is 15.0. The lowest BCUT2D eigenvalue weighted by molar-refractivity contribution is -0.126. The summed E-state index contributed by atoms with van der Waals surface area (Å²) in [4.78, 5) is 12.2. The van der Waals surface area contributed by atoms with Gasteiger partial charge in [-0.15, -0.1) is 9.24 Å². The number of nitrogens with zero attached hydrogens (tertiary/aromatic N) is 2. The van der Waals surface area contributed by atoms with E-state index in [1.165, 1.54) is 0 Å². The van der Waals surface area contributed by atoms with E-state index in [0.717, 1.165) is 22.2 Å². The Hall–Kier alpha value is -0.840. The van der Waals surface area contributed by atoms with Crippen molar-refractivity contribution < 1.29 is 4.79 Å². The summed E-state index contributed by atoms with van der Waals surface area (Å²) in [6.45, 7) is 4.73. The Labute approximate surface area is 131 Å². The Morgan fingerprint density at radius 2 is 2.15 bits per heavy atom. The fourth-order valence-corrected chi connectivity index (χ4v) is 2.59. The summed E-state index contributed by atoms with van der Waals surface area (Å²) >= 11 is 3.42. The number of nitrogens with one attached hydrogen (secondary N) is 2. The van der Waals surface area contributed by atoms with Gasteiger partial charge >= 0.3 is 0 Å². The van der Waals surface area contributed by atoms with Crippen molar-refractivity contribution in [1.82, 2.24) is 20.7 Å². The lowest BCUT2D eigenvalue weighted by Gasteiger charge is -2.27. The highest BCUT2D eigenvalue weighted by Gasteiger charge is 2.31. The van der Waals surface area contributed by atoms with Crippen LogP contribution in [-0.2, 0) is 4.79 Å². The zero-order chi connectivity index (χ0) is 15.3. The van der Waals surface area contributed by atoms with E-state index in [1.54, 1.807) is 0 Å². The van der Waals surface area contributed by atoms with Crippen LogP contribution in [0.3, 0.4) is 0 Å². The first-order valence-corrected chi connectivity index (χ1v) is 7.92. The Bertz CT molecular complexity index is 461. The molecule has 20 heavy (non-hydrogen) atoms. The molecule has 2 aliphatic rings. The van der Waals surface area contributed by atoms with Crippen LogP contribution in [0.15, 0.2) is 34.0 Å². The first-order valence-electron chi connectivity index (χ1n) is 6.55. The number of likely N-dealkylation sites (N-methyl/N-ethyl adjacent to an activating group) is 1. The SMILES string of the molecule is CC.CN1C(Br)=CC(C(=O)NC2=CCNC=C2P)N1C. The van der Waals surface area contributed by atoms with Gasteiger partial charge in [0.15, 0.2) is 0 Å². The molecule has 0 aliphatic carbocycles. The van der Waals surface area contributed by atoms with Gasteiger partial charge < -0.3 is 15.6 Å². The number of rotatable bonds is 2. The standard InChI is InChI=1S/C11H16BrN4OP.C2H6/c1-15-8(5-10(12)16(15)2)11(17)14-7-3-4-13-6-9(7)18;1-2/h3,5-6,8,13H,4,18H2,1-2H3,(H,14,17);1-2H3. The third-order valence-corrected chi connectivity index (χ3v) is 4.25. The molecule has 2 heterocycles. The number of halogens is 1. The van der Waals surface area contributed by atoms with Crippen LogP contribution in [0, 0.1) is 0 Å². The molecule has 1 amide bonds. The van der Waals surface area contributed by atoms with Crippen molar-refractivity contribution >= 4 is 31.1 Å². The van der Waals surface area contributed by atoms with E-state index in [-0.39, 0.29) is 11.9 Å². The minimum absolute atomic E-state index is 0.0414. The van der Waals surface area contributed by atoms with Crippen molar-refractivity contribution in [3.8, 4) is 0 Å². The van der Waals surface area contributed by atoms with E-state index in [2.05, 4.69) is 35.8 Å².